The summed E-state index contributed by atoms with van der Waals surface area (Å²) in [6.45, 7) is 2.54. The van der Waals surface area contributed by atoms with Gasteiger partial charge in [0.1, 0.15) is 5.82 Å². The molecule has 0 unspecified atom stereocenters. The molecule has 1 atom stereocenters. The van der Waals surface area contributed by atoms with Crippen molar-refractivity contribution in [1.29, 1.82) is 0 Å². The Hall–Kier alpha value is -4.60. The molecule has 0 bridgehead atoms. The molecule has 1 fully saturated rings. The number of hydrogen-bond acceptors (Lipinski definition) is 5. The summed E-state index contributed by atoms with van der Waals surface area (Å²) in [4.78, 5) is 43.5. The van der Waals surface area contributed by atoms with E-state index in [2.05, 4.69) is 5.32 Å². The highest BCUT2D eigenvalue weighted by molar-refractivity contribution is 5.96. The number of likely N-dealkylation sites (tertiary alicyclic amines) is 1. The zero-order valence-corrected chi connectivity index (χ0v) is 21.5. The van der Waals surface area contributed by atoms with E-state index in [1.807, 2.05) is 19.9 Å². The van der Waals surface area contributed by atoms with Crippen molar-refractivity contribution in [3.8, 4) is 11.4 Å². The second-order valence-corrected chi connectivity index (χ2v) is 9.86. The summed E-state index contributed by atoms with van der Waals surface area (Å²) < 4.78 is 27.8. The van der Waals surface area contributed by atoms with Crippen LogP contribution in [0.2, 0.25) is 0 Å². The number of para-hydroxylation sites is 1. The van der Waals surface area contributed by atoms with Crippen LogP contribution in [-0.2, 0) is 7.05 Å². The van der Waals surface area contributed by atoms with Crippen LogP contribution in [-0.4, -0.2) is 50.4 Å². The summed E-state index contributed by atoms with van der Waals surface area (Å²) in [5, 5.41) is 13.2. The van der Waals surface area contributed by atoms with Gasteiger partial charge in [-0.25, -0.2) is 18.6 Å². The lowest BCUT2D eigenvalue weighted by molar-refractivity contribution is -0.113. The van der Waals surface area contributed by atoms with Gasteiger partial charge < -0.3 is 15.3 Å². The van der Waals surface area contributed by atoms with E-state index in [0.29, 0.717) is 28.0 Å². The van der Waals surface area contributed by atoms with Gasteiger partial charge >= 0.3 is 5.97 Å². The largest absolute Gasteiger partial charge is 0.478 e. The van der Waals surface area contributed by atoms with Crippen molar-refractivity contribution in [2.24, 2.45) is 7.05 Å². The molecule has 1 aromatic heterocycles. The Morgan fingerprint density at radius 1 is 1.08 bits per heavy atom. The number of carbonyl (C=O) groups excluding carboxylic acids is 1. The van der Waals surface area contributed by atoms with E-state index in [-0.39, 0.29) is 16.7 Å². The lowest BCUT2D eigenvalue weighted by Gasteiger charge is -2.38. The first kappa shape index (κ1) is 26.0. The fourth-order valence-corrected chi connectivity index (χ4v) is 4.85. The van der Waals surface area contributed by atoms with Crippen molar-refractivity contribution in [2.45, 2.75) is 25.8 Å². The number of aryl methyl sites for hydroxylation is 1. The zero-order chi connectivity index (χ0) is 28.1. The quantitative estimate of drug-likeness (QED) is 0.367. The highest BCUT2D eigenvalue weighted by Gasteiger charge is 2.46. The maximum absolute atomic E-state index is 13.4. The molecule has 10 heteroatoms. The fourth-order valence-electron chi connectivity index (χ4n) is 4.85. The number of halogens is 2. The van der Waals surface area contributed by atoms with Gasteiger partial charge in [0.25, 0.3) is 17.4 Å². The minimum Gasteiger partial charge on any atom is -0.478 e. The molecule has 4 aromatic rings. The lowest BCUT2D eigenvalue weighted by Crippen LogP contribution is -2.58. The van der Waals surface area contributed by atoms with Crippen LogP contribution < -0.4 is 10.9 Å². The van der Waals surface area contributed by atoms with Crippen LogP contribution in [0.1, 0.15) is 44.8 Å². The number of nitrogens with zero attached hydrogens (tertiary/aromatic N) is 3. The van der Waals surface area contributed by atoms with E-state index in [0.717, 1.165) is 16.0 Å². The molecule has 3 aromatic carbocycles. The van der Waals surface area contributed by atoms with Crippen LogP contribution in [0.15, 0.2) is 65.5 Å². The lowest BCUT2D eigenvalue weighted by atomic mass is 10.00. The van der Waals surface area contributed by atoms with Crippen LogP contribution in [0.3, 0.4) is 0 Å². The number of benzene rings is 3. The Bertz CT molecular complexity index is 1670. The molecule has 1 amide bonds. The van der Waals surface area contributed by atoms with E-state index in [1.54, 1.807) is 43.4 Å². The number of aromatic carboxylic acids is 1. The number of aromatic nitrogens is 2. The molecule has 8 nitrogen and oxygen atoms in total. The Morgan fingerprint density at radius 3 is 2.38 bits per heavy atom. The van der Waals surface area contributed by atoms with Gasteiger partial charge in [-0.3, -0.25) is 14.2 Å². The summed E-state index contributed by atoms with van der Waals surface area (Å²) in [5.41, 5.74) is 3.18. The maximum Gasteiger partial charge on any atom is 0.337 e. The molecule has 1 aliphatic rings. The van der Waals surface area contributed by atoms with Crippen molar-refractivity contribution >= 4 is 28.5 Å². The van der Waals surface area contributed by atoms with Crippen molar-refractivity contribution in [3.63, 3.8) is 0 Å². The van der Waals surface area contributed by atoms with Gasteiger partial charge in [-0.15, -0.1) is 0 Å². The number of nitrogens with one attached hydrogen (secondary N) is 1. The summed E-state index contributed by atoms with van der Waals surface area (Å²) in [6, 6.07) is 16.2. The summed E-state index contributed by atoms with van der Waals surface area (Å²) in [6.07, 6.45) is 0. The van der Waals surface area contributed by atoms with Gasteiger partial charge in [0.2, 0.25) is 0 Å². The molecule has 2 N–H and O–H groups in total. The van der Waals surface area contributed by atoms with Crippen LogP contribution in [0.4, 0.5) is 14.5 Å². The fraction of sp³-hybridized carbons (Fsp3) is 0.241. The summed E-state index contributed by atoms with van der Waals surface area (Å²) in [7, 11) is 1.61. The van der Waals surface area contributed by atoms with Gasteiger partial charge in [-0.1, -0.05) is 30.3 Å². The van der Waals surface area contributed by atoms with Gasteiger partial charge in [-0.05, 0) is 49.7 Å². The molecule has 1 aliphatic heterocycles. The third-order valence-corrected chi connectivity index (χ3v) is 6.87. The molecule has 39 heavy (non-hydrogen) atoms. The number of alkyl halides is 2. The third-order valence-electron chi connectivity index (χ3n) is 6.87. The number of carboxylic acids is 1. The standard InChI is InChI=1S/C29H26F2N4O4/c1-16-12-21(17(2)32-23-7-5-4-6-20(23)28(38)39)24-22(13-16)27(37)34(3)25(33-24)18-8-10-19(11-9-18)26(36)35-14-29(30,31)15-35/h4-13,17,32H,14-15H2,1-3H3,(H,38,39)/t17-/m1/s1. The number of rotatable bonds is 6. The molecular formula is C29H26F2N4O4. The molecule has 0 spiro atoms. The average molecular weight is 533 g/mol. The predicted octanol–water partition coefficient (Wildman–Crippen LogP) is 4.87. The monoisotopic (exact) mass is 532 g/mol. The molecule has 1 saturated heterocycles. The van der Waals surface area contributed by atoms with Gasteiger partial charge in [0.15, 0.2) is 0 Å². The number of amides is 1. The first-order chi connectivity index (χ1) is 18.4. The van der Waals surface area contributed by atoms with E-state index in [4.69, 9.17) is 4.98 Å². The van der Waals surface area contributed by atoms with Crippen LogP contribution in [0.25, 0.3) is 22.3 Å². The molecule has 0 radical (unpaired) electrons. The smallest absolute Gasteiger partial charge is 0.337 e. The molecule has 0 saturated carbocycles. The zero-order valence-electron chi connectivity index (χ0n) is 21.5. The normalized spacial score (nSPS) is 15.1. The molecule has 0 aliphatic carbocycles. The number of carboxylic acid groups (broad SMARTS) is 1. The Morgan fingerprint density at radius 2 is 1.74 bits per heavy atom. The highest BCUT2D eigenvalue weighted by Crippen LogP contribution is 2.31. The summed E-state index contributed by atoms with van der Waals surface area (Å²) in [5.74, 6) is -4.02. The predicted molar refractivity (Wildman–Crippen MR) is 143 cm³/mol. The third kappa shape index (κ3) is 4.85. The summed E-state index contributed by atoms with van der Waals surface area (Å²) >= 11 is 0. The van der Waals surface area contributed by atoms with Crippen molar-refractivity contribution in [2.75, 3.05) is 18.4 Å². The number of anilines is 1. The maximum atomic E-state index is 13.4. The SMILES string of the molecule is Cc1cc([C@@H](C)Nc2ccccc2C(=O)O)c2nc(-c3ccc(C(=O)N4CC(F)(F)C4)cc3)n(C)c(=O)c2c1. The van der Waals surface area contributed by atoms with Crippen molar-refractivity contribution < 1.29 is 23.5 Å². The number of fused-ring (bicyclic) bond motifs is 1. The first-order valence-corrected chi connectivity index (χ1v) is 12.3. The van der Waals surface area contributed by atoms with Crippen LogP contribution >= 0.6 is 0 Å². The second kappa shape index (κ2) is 9.61. The Kier molecular flexibility index (Phi) is 6.41. The van der Waals surface area contributed by atoms with Crippen molar-refractivity contribution in [1.82, 2.24) is 14.5 Å². The molecule has 2 heterocycles. The molecular weight excluding hydrogens is 506 g/mol. The van der Waals surface area contributed by atoms with E-state index in [1.165, 1.54) is 22.8 Å². The van der Waals surface area contributed by atoms with E-state index < -0.39 is 36.9 Å². The minimum atomic E-state index is -2.85. The number of carbonyl (C=O) groups is 2. The molecule has 5 rings (SSSR count). The Balaban J connectivity index is 1.53. The first-order valence-electron chi connectivity index (χ1n) is 12.3. The second-order valence-electron chi connectivity index (χ2n) is 9.86. The highest BCUT2D eigenvalue weighted by atomic mass is 19.3. The molecule has 200 valence electrons. The van der Waals surface area contributed by atoms with E-state index >= 15 is 0 Å². The van der Waals surface area contributed by atoms with Crippen LogP contribution in [0.5, 0.6) is 0 Å². The topological polar surface area (TPSA) is 105 Å². The van der Waals surface area contributed by atoms with E-state index in [9.17, 15) is 28.3 Å². The van der Waals surface area contributed by atoms with Crippen molar-refractivity contribution in [3.05, 3.63) is 93.3 Å². The number of hydrogen-bond donors (Lipinski definition) is 2. The van der Waals surface area contributed by atoms with Gasteiger partial charge in [-0.2, -0.15) is 0 Å². The van der Waals surface area contributed by atoms with Crippen LogP contribution in [0, 0.1) is 6.92 Å². The van der Waals surface area contributed by atoms with Gasteiger partial charge in [0, 0.05) is 29.4 Å². The average Bonchev–Trinajstić information content (AvgIpc) is 2.89. The Labute approximate surface area is 222 Å². The van der Waals surface area contributed by atoms with Gasteiger partial charge in [0.05, 0.1) is 35.6 Å². The minimum absolute atomic E-state index is 0.127.